The second kappa shape index (κ2) is 9.76. The van der Waals surface area contributed by atoms with Crippen molar-refractivity contribution in [1.29, 1.82) is 0 Å². The zero-order valence-corrected chi connectivity index (χ0v) is 16.8. The maximum atomic E-state index is 9.04. The summed E-state index contributed by atoms with van der Waals surface area (Å²) < 4.78 is 12.5. The summed E-state index contributed by atoms with van der Waals surface area (Å²) in [4.78, 5) is 0. The molecule has 3 rings (SSSR count). The fourth-order valence-corrected chi connectivity index (χ4v) is 3.47. The molecular weight excluding hydrogens is 352 g/mol. The van der Waals surface area contributed by atoms with Crippen molar-refractivity contribution in [2.24, 2.45) is 0 Å². The largest absolute Gasteiger partial charge is 0.492 e. The van der Waals surface area contributed by atoms with E-state index in [-0.39, 0.29) is 13.2 Å². The van der Waals surface area contributed by atoms with Crippen molar-refractivity contribution in [3.05, 3.63) is 47.5 Å². The summed E-state index contributed by atoms with van der Waals surface area (Å²) in [5, 5.41) is 22.3. The molecule has 0 saturated heterocycles. The average Bonchev–Trinajstić information content (AvgIpc) is 2.69. The number of rotatable bonds is 10. The van der Waals surface area contributed by atoms with E-state index < -0.39 is 0 Å². The Morgan fingerprint density at radius 3 is 1.43 bits per heavy atom. The second-order valence-electron chi connectivity index (χ2n) is 7.31. The first-order chi connectivity index (χ1) is 13.7. The molecule has 0 atom stereocenters. The van der Waals surface area contributed by atoms with E-state index in [1.807, 2.05) is 0 Å². The van der Waals surface area contributed by atoms with Crippen LogP contribution in [0.3, 0.4) is 0 Å². The Labute approximate surface area is 166 Å². The lowest BCUT2D eigenvalue weighted by Gasteiger charge is -2.19. The Kier molecular flexibility index (Phi) is 7.12. The fourth-order valence-electron chi connectivity index (χ4n) is 3.47. The minimum Gasteiger partial charge on any atom is -0.492 e. The van der Waals surface area contributed by atoms with Gasteiger partial charge >= 0.3 is 0 Å². The zero-order valence-electron chi connectivity index (χ0n) is 16.8. The van der Waals surface area contributed by atoms with Gasteiger partial charge in [0.05, 0.1) is 13.2 Å². The normalized spacial score (nSPS) is 11.3. The molecule has 4 heteroatoms. The maximum absolute atomic E-state index is 9.04. The highest BCUT2D eigenvalue weighted by Crippen LogP contribution is 2.43. The van der Waals surface area contributed by atoms with E-state index in [0.29, 0.717) is 13.2 Å². The lowest BCUT2D eigenvalue weighted by molar-refractivity contribution is 0.254. The second-order valence-corrected chi connectivity index (χ2v) is 7.31. The summed E-state index contributed by atoms with van der Waals surface area (Å²) in [6.45, 7) is 5.67. The minimum absolute atomic E-state index is 0.184. The van der Waals surface area contributed by atoms with Crippen molar-refractivity contribution < 1.29 is 19.7 Å². The molecule has 0 saturated carbocycles. The van der Waals surface area contributed by atoms with Crippen LogP contribution in [0.15, 0.2) is 36.4 Å². The van der Waals surface area contributed by atoms with Gasteiger partial charge in [-0.05, 0) is 51.7 Å². The Hall–Kier alpha value is -2.30. The molecule has 28 heavy (non-hydrogen) atoms. The molecule has 0 fully saturated rings. The first-order valence-corrected chi connectivity index (χ1v) is 10.1. The van der Waals surface area contributed by atoms with Crippen molar-refractivity contribution in [2.45, 2.75) is 39.5 Å². The van der Waals surface area contributed by atoms with Gasteiger partial charge in [-0.3, -0.25) is 0 Å². The number of aryl methyl sites for hydroxylation is 2. The van der Waals surface area contributed by atoms with Crippen molar-refractivity contribution in [3.63, 3.8) is 0 Å². The van der Waals surface area contributed by atoms with Gasteiger partial charge in [-0.15, -0.1) is 0 Å². The molecule has 4 nitrogen and oxygen atoms in total. The molecule has 150 valence electrons. The predicted octanol–water partition coefficient (Wildman–Crippen LogP) is 4.91. The van der Waals surface area contributed by atoms with Gasteiger partial charge in [-0.1, -0.05) is 35.4 Å². The average molecular weight is 383 g/mol. The highest BCUT2D eigenvalue weighted by Gasteiger charge is 2.16. The van der Waals surface area contributed by atoms with Crippen LogP contribution in [0.25, 0.3) is 21.5 Å². The molecule has 0 unspecified atom stereocenters. The molecule has 2 N–H and O–H groups in total. The van der Waals surface area contributed by atoms with E-state index in [4.69, 9.17) is 19.7 Å². The highest BCUT2D eigenvalue weighted by molar-refractivity contribution is 6.11. The van der Waals surface area contributed by atoms with Crippen LogP contribution in [-0.4, -0.2) is 36.6 Å². The monoisotopic (exact) mass is 382 g/mol. The first-order valence-electron chi connectivity index (χ1n) is 10.1. The smallest absolute Gasteiger partial charge is 0.135 e. The van der Waals surface area contributed by atoms with Crippen LogP contribution in [0, 0.1) is 13.8 Å². The molecule has 3 aromatic rings. The van der Waals surface area contributed by atoms with Gasteiger partial charge in [0.1, 0.15) is 11.5 Å². The number of benzene rings is 3. The van der Waals surface area contributed by atoms with Gasteiger partial charge < -0.3 is 19.7 Å². The third-order valence-electron chi connectivity index (χ3n) is 4.93. The molecule has 0 aliphatic carbocycles. The third-order valence-corrected chi connectivity index (χ3v) is 4.93. The van der Waals surface area contributed by atoms with Gasteiger partial charge in [0, 0.05) is 34.8 Å². The van der Waals surface area contributed by atoms with Crippen LogP contribution in [-0.2, 0) is 0 Å². The van der Waals surface area contributed by atoms with Crippen LogP contribution < -0.4 is 9.47 Å². The van der Waals surface area contributed by atoms with E-state index in [1.54, 1.807) is 0 Å². The molecule has 3 aromatic carbocycles. The zero-order chi connectivity index (χ0) is 19.9. The topological polar surface area (TPSA) is 58.9 Å². The number of ether oxygens (including phenoxy) is 2. The van der Waals surface area contributed by atoms with Crippen molar-refractivity contribution in [3.8, 4) is 11.5 Å². The van der Waals surface area contributed by atoms with Crippen molar-refractivity contribution in [1.82, 2.24) is 0 Å². The number of aliphatic hydroxyl groups is 2. The number of hydrogen-bond donors (Lipinski definition) is 2. The summed E-state index contributed by atoms with van der Waals surface area (Å²) in [6.07, 6.45) is 3.10. The van der Waals surface area contributed by atoms with Gasteiger partial charge in [0.15, 0.2) is 0 Å². The Bertz CT molecular complexity index is 855. The summed E-state index contributed by atoms with van der Waals surface area (Å²) in [7, 11) is 0. The summed E-state index contributed by atoms with van der Waals surface area (Å²) in [5.41, 5.74) is 2.34. The molecule has 0 radical (unpaired) electrons. The number of unbranched alkanes of at least 4 members (excludes halogenated alkanes) is 2. The summed E-state index contributed by atoms with van der Waals surface area (Å²) >= 11 is 0. The predicted molar refractivity (Wildman–Crippen MR) is 115 cm³/mol. The van der Waals surface area contributed by atoms with Crippen molar-refractivity contribution in [2.75, 3.05) is 26.4 Å². The highest BCUT2D eigenvalue weighted by atomic mass is 16.5. The van der Waals surface area contributed by atoms with E-state index >= 15 is 0 Å². The van der Waals surface area contributed by atoms with Crippen LogP contribution >= 0.6 is 0 Å². The van der Waals surface area contributed by atoms with Gasteiger partial charge in [-0.25, -0.2) is 0 Å². The fraction of sp³-hybridized carbons (Fsp3) is 0.417. The molecule has 0 bridgehead atoms. The van der Waals surface area contributed by atoms with E-state index in [2.05, 4.69) is 50.2 Å². The van der Waals surface area contributed by atoms with Crippen LogP contribution in [0.4, 0.5) is 0 Å². The Morgan fingerprint density at radius 1 is 0.607 bits per heavy atom. The van der Waals surface area contributed by atoms with E-state index in [9.17, 15) is 0 Å². The number of hydrogen-bond acceptors (Lipinski definition) is 4. The summed E-state index contributed by atoms with van der Waals surface area (Å²) in [5.74, 6) is 1.77. The first kappa shape index (κ1) is 20.4. The number of fused-ring (bicyclic) bond motifs is 2. The van der Waals surface area contributed by atoms with E-state index in [1.165, 1.54) is 11.1 Å². The SMILES string of the molecule is Cc1ccc2c(OCCCCO)c3cc(C)ccc3c(OCCCCO)c2c1. The van der Waals surface area contributed by atoms with Crippen LogP contribution in [0.5, 0.6) is 11.5 Å². The van der Waals surface area contributed by atoms with Gasteiger partial charge in [-0.2, -0.15) is 0 Å². The van der Waals surface area contributed by atoms with Gasteiger partial charge in [0.2, 0.25) is 0 Å². The summed E-state index contributed by atoms with van der Waals surface area (Å²) in [6, 6.07) is 12.7. The van der Waals surface area contributed by atoms with Crippen LogP contribution in [0.1, 0.15) is 36.8 Å². The molecular formula is C24H30O4. The molecule has 0 spiro atoms. The van der Waals surface area contributed by atoms with E-state index in [0.717, 1.165) is 58.7 Å². The molecule has 0 aliphatic rings. The number of aliphatic hydroxyl groups excluding tert-OH is 2. The van der Waals surface area contributed by atoms with Crippen LogP contribution in [0.2, 0.25) is 0 Å². The molecule has 0 aromatic heterocycles. The standard InChI is InChI=1S/C24H30O4/c1-17-7-9-19-21(15-17)23(27-13-5-3-11-25)20-10-8-18(2)16-22(20)24(19)28-14-6-4-12-26/h7-10,15-16,25-26H,3-6,11-14H2,1-2H3. The van der Waals surface area contributed by atoms with Crippen molar-refractivity contribution >= 4 is 21.5 Å². The molecule has 0 amide bonds. The minimum atomic E-state index is 0.184. The lowest BCUT2D eigenvalue weighted by atomic mass is 9.97. The Morgan fingerprint density at radius 2 is 1.04 bits per heavy atom. The molecule has 0 aliphatic heterocycles. The Balaban J connectivity index is 2.13. The van der Waals surface area contributed by atoms with Gasteiger partial charge in [0.25, 0.3) is 0 Å². The maximum Gasteiger partial charge on any atom is 0.135 e. The third kappa shape index (κ3) is 4.57. The quantitative estimate of drug-likeness (QED) is 0.386. The molecule has 0 heterocycles. The lowest BCUT2D eigenvalue weighted by Crippen LogP contribution is -2.03.